The van der Waals surface area contributed by atoms with Crippen LogP contribution in [0.3, 0.4) is 0 Å². The molecule has 1 amide bonds. The number of carboxylic acids is 1. The number of carboxylic acid groups (broad SMARTS) is 1. The van der Waals surface area contributed by atoms with Crippen molar-refractivity contribution in [2.75, 3.05) is 69.2 Å². The lowest BCUT2D eigenvalue weighted by Crippen LogP contribution is -2.47. The number of nitrogens with zero attached hydrogens (tertiary/aromatic N) is 6. The maximum Gasteiger partial charge on any atom is 0.337 e. The highest BCUT2D eigenvalue weighted by atomic mass is 35.5. The second-order valence-electron chi connectivity index (χ2n) is 19.5. The number of carbonyl (C=O) groups excluding carboxylic acids is 1. The number of piperidine rings is 1. The molecule has 356 valence electrons. The molecule has 0 spiro atoms. The number of piperazine rings is 1. The van der Waals surface area contributed by atoms with Crippen LogP contribution in [0, 0.1) is 5.41 Å². The van der Waals surface area contributed by atoms with Gasteiger partial charge in [0.1, 0.15) is 5.52 Å². The normalized spacial score (nSPS) is 19.2. The lowest BCUT2D eigenvalue weighted by Gasteiger charge is -2.39. The Bertz CT molecular complexity index is 3000. The van der Waals surface area contributed by atoms with Crippen molar-refractivity contribution < 1.29 is 27.9 Å². The molecule has 0 atom stereocenters. The second kappa shape index (κ2) is 19.0. The third kappa shape index (κ3) is 9.74. The molecule has 10 rings (SSSR count). The van der Waals surface area contributed by atoms with E-state index in [1.54, 1.807) is 23.1 Å². The highest BCUT2D eigenvalue weighted by Crippen LogP contribution is 2.43. The molecule has 6 heterocycles. The van der Waals surface area contributed by atoms with Crippen LogP contribution >= 0.6 is 11.6 Å². The molecule has 3 fully saturated rings. The summed E-state index contributed by atoms with van der Waals surface area (Å²) in [5, 5.41) is 18.4. The number of ether oxygens (including phenoxy) is 1. The third-order valence-corrected chi connectivity index (χ3v) is 16.0. The number of sulfonamides is 1. The first-order chi connectivity index (χ1) is 32.8. The van der Waals surface area contributed by atoms with Crippen LogP contribution in [0.25, 0.3) is 33.3 Å². The minimum atomic E-state index is -4.54. The standard InChI is InChI=1S/C51H58ClN9O6S/c1-51(2)17-11-35(43(30-51)33-3-5-36(52)6-4-33)32-58-21-23-60(24-22-58)39-7-9-41(46(28-39)61-47-27-34-12-18-53-48(34)56-45(47)31-54-61)49(62)57-68(65,66)40-8-10-44(42(29-40)50(63)64)55-37-13-19-59(20-14-37)38-15-25-67-26-16-38/h3-10,12,18,27-29,31,37-38,54-55H,11,13-17,19-26,30,32H2,1-2H3,(H,57,62)(H,63,64). The average Bonchev–Trinajstić information content (AvgIpc) is 3.98. The van der Waals surface area contributed by atoms with Crippen molar-refractivity contribution in [2.45, 2.75) is 75.8 Å². The lowest BCUT2D eigenvalue weighted by molar-refractivity contribution is 0.0262. The van der Waals surface area contributed by atoms with Gasteiger partial charge < -0.3 is 25.0 Å². The molecule has 1 aliphatic carbocycles. The summed E-state index contributed by atoms with van der Waals surface area (Å²) in [5.41, 5.74) is 7.79. The molecule has 15 nitrogen and oxygen atoms in total. The van der Waals surface area contributed by atoms with Gasteiger partial charge in [-0.3, -0.25) is 19.5 Å². The van der Waals surface area contributed by atoms with Gasteiger partial charge in [-0.2, -0.15) is 0 Å². The van der Waals surface area contributed by atoms with E-state index in [4.69, 9.17) is 21.3 Å². The number of carbonyl (C=O) groups is 2. The van der Waals surface area contributed by atoms with Crippen LogP contribution < -0.4 is 14.9 Å². The van der Waals surface area contributed by atoms with Gasteiger partial charge in [0.05, 0.1) is 27.2 Å². The Morgan fingerprint density at radius 1 is 0.912 bits per heavy atom. The molecule has 3 saturated heterocycles. The SMILES string of the molecule is CC1(C)CCC(CN2CCN(c3ccc(C(=O)NS(=O)(=O)c4ccc(NC5CCN(C6CCOCC6)CC5)c(C(=O)O)c4)c(-n4[nH]cc5nc6nccc6cc54)c3)CC2)=C(c2ccc(Cl)cc2)C1. The van der Waals surface area contributed by atoms with Crippen molar-refractivity contribution in [3.05, 3.63) is 112 Å². The maximum absolute atomic E-state index is 14.3. The minimum Gasteiger partial charge on any atom is -0.478 e. The predicted octanol–water partition coefficient (Wildman–Crippen LogP) is 8.21. The molecule has 0 unspecified atom stereocenters. The third-order valence-electron chi connectivity index (χ3n) is 14.4. The number of anilines is 2. The number of H-pyrrole nitrogens is 1. The minimum absolute atomic E-state index is 0.0286. The molecule has 4 aliphatic rings. The van der Waals surface area contributed by atoms with Gasteiger partial charge in [0, 0.05) is 105 Å². The van der Waals surface area contributed by atoms with Crippen molar-refractivity contribution in [2.24, 2.45) is 5.41 Å². The number of pyridine rings is 1. The average molecular weight is 961 g/mol. The first kappa shape index (κ1) is 46.0. The molecule has 0 saturated carbocycles. The first-order valence-corrected chi connectivity index (χ1v) is 25.6. The second-order valence-corrected chi connectivity index (χ2v) is 21.6. The van der Waals surface area contributed by atoms with Gasteiger partial charge in [-0.1, -0.05) is 43.2 Å². The number of nitrogens with one attached hydrogen (secondary N) is 3. The quantitative estimate of drug-likeness (QED) is 0.0926. The van der Waals surface area contributed by atoms with Crippen LogP contribution in [0.5, 0.6) is 0 Å². The Morgan fingerprint density at radius 3 is 2.43 bits per heavy atom. The van der Waals surface area contributed by atoms with E-state index in [9.17, 15) is 23.1 Å². The van der Waals surface area contributed by atoms with Gasteiger partial charge in [0.2, 0.25) is 0 Å². The Morgan fingerprint density at radius 2 is 1.68 bits per heavy atom. The number of hydrogen-bond donors (Lipinski definition) is 4. The van der Waals surface area contributed by atoms with E-state index in [1.807, 2.05) is 36.4 Å². The van der Waals surface area contributed by atoms with E-state index >= 15 is 0 Å². The summed E-state index contributed by atoms with van der Waals surface area (Å²) in [5.74, 6) is -2.14. The zero-order valence-corrected chi connectivity index (χ0v) is 40.1. The number of fused-ring (bicyclic) bond motifs is 2. The summed E-state index contributed by atoms with van der Waals surface area (Å²) < 4.78 is 37.6. The molecule has 6 aromatic rings. The Kier molecular flexibility index (Phi) is 12.8. The van der Waals surface area contributed by atoms with Gasteiger partial charge in [0.25, 0.3) is 15.9 Å². The van der Waals surface area contributed by atoms with Crippen molar-refractivity contribution >= 4 is 72.5 Å². The fourth-order valence-corrected chi connectivity index (χ4v) is 11.6. The van der Waals surface area contributed by atoms with Crippen molar-refractivity contribution in [1.29, 1.82) is 0 Å². The van der Waals surface area contributed by atoms with Crippen LogP contribution in [-0.2, 0) is 14.8 Å². The number of rotatable bonds is 12. The molecule has 68 heavy (non-hydrogen) atoms. The number of allylic oxidation sites excluding steroid dienone is 1. The van der Waals surface area contributed by atoms with Crippen LogP contribution in [0.1, 0.15) is 85.1 Å². The smallest absolute Gasteiger partial charge is 0.337 e. The van der Waals surface area contributed by atoms with Gasteiger partial charge in [-0.05, 0) is 122 Å². The summed E-state index contributed by atoms with van der Waals surface area (Å²) >= 11 is 6.27. The lowest BCUT2D eigenvalue weighted by atomic mass is 9.72. The summed E-state index contributed by atoms with van der Waals surface area (Å²) in [6.07, 6.45) is 10.3. The van der Waals surface area contributed by atoms with E-state index in [1.165, 1.54) is 28.8 Å². The van der Waals surface area contributed by atoms with Gasteiger partial charge >= 0.3 is 5.97 Å². The van der Waals surface area contributed by atoms with Crippen molar-refractivity contribution in [3.8, 4) is 5.69 Å². The van der Waals surface area contributed by atoms with Crippen LogP contribution in [-0.4, -0.2) is 126 Å². The molecule has 4 N–H and O–H groups in total. The highest BCUT2D eigenvalue weighted by molar-refractivity contribution is 7.90. The van der Waals surface area contributed by atoms with Gasteiger partial charge in [0.15, 0.2) is 5.65 Å². The monoisotopic (exact) mass is 959 g/mol. The summed E-state index contributed by atoms with van der Waals surface area (Å²) in [6.45, 7) is 12.1. The van der Waals surface area contributed by atoms with Crippen LogP contribution in [0.4, 0.5) is 11.4 Å². The summed E-state index contributed by atoms with van der Waals surface area (Å²) in [7, 11) is -4.54. The molecule has 17 heteroatoms. The fraction of sp³-hybridized carbons (Fsp3) is 0.412. The van der Waals surface area contributed by atoms with Crippen LogP contribution in [0.2, 0.25) is 5.02 Å². The zero-order valence-electron chi connectivity index (χ0n) is 38.5. The molecule has 0 radical (unpaired) electrons. The fourth-order valence-electron chi connectivity index (χ4n) is 10.5. The Labute approximate surface area is 401 Å². The predicted molar refractivity (Wildman–Crippen MR) is 265 cm³/mol. The summed E-state index contributed by atoms with van der Waals surface area (Å²) in [6, 6.07) is 21.9. The van der Waals surface area contributed by atoms with E-state index in [0.29, 0.717) is 34.1 Å². The van der Waals surface area contributed by atoms with Gasteiger partial charge in [-0.25, -0.2) is 27.9 Å². The molecular formula is C51H58ClN9O6S. The van der Waals surface area contributed by atoms with E-state index in [0.717, 1.165) is 126 Å². The molecule has 3 aromatic carbocycles. The topological polar surface area (TPSA) is 178 Å². The number of aromatic amines is 1. The van der Waals surface area contributed by atoms with E-state index in [-0.39, 0.29) is 27.5 Å². The number of likely N-dealkylation sites (tertiary alicyclic amines) is 1. The highest BCUT2D eigenvalue weighted by Gasteiger charge is 2.32. The molecule has 3 aromatic heterocycles. The van der Waals surface area contributed by atoms with Gasteiger partial charge in [-0.15, -0.1) is 0 Å². The van der Waals surface area contributed by atoms with Crippen molar-refractivity contribution in [1.82, 2.24) is 34.3 Å². The zero-order chi connectivity index (χ0) is 47.2. The Hall–Kier alpha value is -5.78. The van der Waals surface area contributed by atoms with E-state index in [2.05, 4.69) is 60.8 Å². The first-order valence-electron chi connectivity index (χ1n) is 23.7. The number of aromatic carboxylic acids is 1. The number of aromatic nitrogens is 4. The molecule has 3 aliphatic heterocycles. The summed E-state index contributed by atoms with van der Waals surface area (Å²) in [4.78, 5) is 42.9. The van der Waals surface area contributed by atoms with E-state index < -0.39 is 21.9 Å². The Balaban J connectivity index is 0.884. The largest absolute Gasteiger partial charge is 0.478 e. The molecular weight excluding hydrogens is 902 g/mol. The number of halogens is 1. The number of hydrogen-bond acceptors (Lipinski definition) is 11. The number of amides is 1. The van der Waals surface area contributed by atoms with Crippen molar-refractivity contribution in [3.63, 3.8) is 0 Å². The molecule has 0 bridgehead atoms. The maximum atomic E-state index is 14.3. The number of benzene rings is 3. The van der Waals surface area contributed by atoms with Crippen LogP contribution in [0.15, 0.2) is 95.7 Å².